The van der Waals surface area contributed by atoms with Gasteiger partial charge in [-0.05, 0) is 108 Å². The number of hydrogen-bond acceptors (Lipinski definition) is 8. The van der Waals surface area contributed by atoms with Crippen molar-refractivity contribution in [3.63, 3.8) is 0 Å². The fraction of sp³-hybridized carbons (Fsp3) is 0.613. The molecule has 2 atom stereocenters. The molecule has 0 spiro atoms. The molecule has 39 heavy (non-hydrogen) atoms. The molecule has 2 unspecified atom stereocenters. The van der Waals surface area contributed by atoms with Crippen molar-refractivity contribution in [2.75, 3.05) is 34.2 Å². The molecule has 2 aromatic rings. The van der Waals surface area contributed by atoms with E-state index in [1.165, 1.54) is 0 Å². The molecule has 0 amide bonds. The molecule has 4 rings (SSSR count). The minimum Gasteiger partial charge on any atom is -0.508 e. The molecular formula is C31H48N2O6. The molecular weight excluding hydrogens is 496 g/mol. The van der Waals surface area contributed by atoms with Gasteiger partial charge < -0.3 is 40.9 Å². The molecule has 0 saturated heterocycles. The van der Waals surface area contributed by atoms with E-state index < -0.39 is 11.2 Å². The van der Waals surface area contributed by atoms with Crippen molar-refractivity contribution >= 4 is 0 Å². The summed E-state index contributed by atoms with van der Waals surface area (Å²) in [7, 11) is 5.86. The first-order chi connectivity index (χ1) is 18.5. The summed E-state index contributed by atoms with van der Waals surface area (Å²) in [6.07, 6.45) is 4.50. The lowest BCUT2D eigenvalue weighted by Crippen LogP contribution is -2.45. The second kappa shape index (κ2) is 13.9. The Morgan fingerprint density at radius 1 is 0.718 bits per heavy atom. The van der Waals surface area contributed by atoms with Gasteiger partial charge >= 0.3 is 0 Å². The van der Waals surface area contributed by atoms with Crippen molar-refractivity contribution in [1.29, 1.82) is 0 Å². The molecule has 0 aromatic heterocycles. The zero-order valence-corrected chi connectivity index (χ0v) is 23.6. The van der Waals surface area contributed by atoms with E-state index >= 15 is 0 Å². The molecule has 2 aliphatic carbocycles. The van der Waals surface area contributed by atoms with Crippen LogP contribution in [0.1, 0.15) is 74.3 Å². The highest BCUT2D eigenvalue weighted by Gasteiger charge is 2.41. The molecule has 218 valence electrons. The standard InChI is InChI=1S/C16H25NO3.C15H23NO3/c1-17(2)11-15(12-3-5-13(18)6-4-12)16(20)9-7-14(19)8-10-16;1-16-10-14(11-2-4-12(17)5-3-11)15(19)8-6-13(18)7-9-15/h3-6,14-15,18-20H,7-11H2,1-2H3;2-5,13-14,16-19H,6-10H2,1H3. The maximum Gasteiger partial charge on any atom is 0.115 e. The molecule has 8 nitrogen and oxygen atoms in total. The Labute approximate surface area is 232 Å². The quantitative estimate of drug-likeness (QED) is 0.269. The number of hydrogen-bond donors (Lipinski definition) is 7. The first kappa shape index (κ1) is 31.3. The van der Waals surface area contributed by atoms with Crippen LogP contribution in [0.3, 0.4) is 0 Å². The maximum atomic E-state index is 11.0. The highest BCUT2D eigenvalue weighted by molar-refractivity contribution is 5.31. The normalized spacial score (nSPS) is 28.8. The van der Waals surface area contributed by atoms with Crippen LogP contribution in [0.5, 0.6) is 11.5 Å². The predicted molar refractivity (Wildman–Crippen MR) is 153 cm³/mol. The first-order valence-corrected chi connectivity index (χ1v) is 14.1. The van der Waals surface area contributed by atoms with Crippen molar-refractivity contribution < 1.29 is 30.6 Å². The van der Waals surface area contributed by atoms with Crippen LogP contribution < -0.4 is 5.32 Å². The van der Waals surface area contributed by atoms with E-state index in [0.717, 1.165) is 17.7 Å². The molecule has 2 aliphatic rings. The first-order valence-electron chi connectivity index (χ1n) is 14.1. The number of aliphatic hydroxyl groups is 4. The monoisotopic (exact) mass is 544 g/mol. The van der Waals surface area contributed by atoms with Crippen LogP contribution in [-0.4, -0.2) is 93.2 Å². The van der Waals surface area contributed by atoms with E-state index in [9.17, 15) is 30.6 Å². The number of aliphatic hydroxyl groups excluding tert-OH is 2. The fourth-order valence-electron chi connectivity index (χ4n) is 6.09. The van der Waals surface area contributed by atoms with E-state index in [-0.39, 0.29) is 35.5 Å². The Morgan fingerprint density at radius 2 is 1.08 bits per heavy atom. The topological polar surface area (TPSA) is 137 Å². The highest BCUT2D eigenvalue weighted by atomic mass is 16.3. The van der Waals surface area contributed by atoms with Crippen LogP contribution in [0.25, 0.3) is 0 Å². The summed E-state index contributed by atoms with van der Waals surface area (Å²) in [5.74, 6) is 0.442. The van der Waals surface area contributed by atoms with Crippen molar-refractivity contribution in [2.24, 2.45) is 0 Å². The van der Waals surface area contributed by atoms with Gasteiger partial charge in [-0.15, -0.1) is 0 Å². The Bertz CT molecular complexity index is 981. The Morgan fingerprint density at radius 3 is 1.44 bits per heavy atom. The van der Waals surface area contributed by atoms with Gasteiger partial charge in [-0.2, -0.15) is 0 Å². The van der Waals surface area contributed by atoms with Gasteiger partial charge in [0.1, 0.15) is 11.5 Å². The van der Waals surface area contributed by atoms with Gasteiger partial charge in [-0.1, -0.05) is 24.3 Å². The van der Waals surface area contributed by atoms with Crippen LogP contribution in [0.15, 0.2) is 48.5 Å². The van der Waals surface area contributed by atoms with Crippen molar-refractivity contribution in [3.8, 4) is 11.5 Å². The van der Waals surface area contributed by atoms with Crippen molar-refractivity contribution in [1.82, 2.24) is 10.2 Å². The number of likely N-dealkylation sites (N-methyl/N-ethyl adjacent to an activating group) is 2. The summed E-state index contributed by atoms with van der Waals surface area (Å²) < 4.78 is 0. The van der Waals surface area contributed by atoms with Gasteiger partial charge in [0, 0.05) is 24.9 Å². The molecule has 0 radical (unpaired) electrons. The molecule has 7 N–H and O–H groups in total. The summed E-state index contributed by atoms with van der Waals surface area (Å²) in [6.45, 7) is 1.43. The van der Waals surface area contributed by atoms with Gasteiger partial charge in [0.05, 0.1) is 23.4 Å². The fourth-order valence-corrected chi connectivity index (χ4v) is 6.09. The maximum absolute atomic E-state index is 11.0. The molecule has 2 fully saturated rings. The molecule has 0 heterocycles. The second-order valence-electron chi connectivity index (χ2n) is 11.8. The Kier molecular flexibility index (Phi) is 11.2. The van der Waals surface area contributed by atoms with Crippen LogP contribution in [0.4, 0.5) is 0 Å². The average Bonchev–Trinajstić information content (AvgIpc) is 2.91. The van der Waals surface area contributed by atoms with Crippen molar-refractivity contribution in [3.05, 3.63) is 59.7 Å². The lowest BCUT2D eigenvalue weighted by Gasteiger charge is -2.42. The molecule has 0 bridgehead atoms. The van der Waals surface area contributed by atoms with Crippen LogP contribution in [-0.2, 0) is 0 Å². The van der Waals surface area contributed by atoms with Crippen LogP contribution in [0, 0.1) is 0 Å². The summed E-state index contributed by atoms with van der Waals surface area (Å²) in [5.41, 5.74) is 0.501. The van der Waals surface area contributed by atoms with E-state index in [1.807, 2.05) is 45.4 Å². The number of nitrogens with zero attached hydrogens (tertiary/aromatic N) is 1. The predicted octanol–water partition coefficient (Wildman–Crippen LogP) is 3.06. The summed E-state index contributed by atoms with van der Waals surface area (Å²) >= 11 is 0. The van der Waals surface area contributed by atoms with Crippen LogP contribution >= 0.6 is 0 Å². The van der Waals surface area contributed by atoms with Crippen LogP contribution in [0.2, 0.25) is 0 Å². The third-order valence-corrected chi connectivity index (χ3v) is 8.49. The second-order valence-corrected chi connectivity index (χ2v) is 11.8. The molecule has 0 aliphatic heterocycles. The summed E-state index contributed by atoms with van der Waals surface area (Å²) in [6, 6.07) is 14.1. The average molecular weight is 545 g/mol. The number of benzene rings is 2. The number of phenols is 2. The Hall–Kier alpha value is -2.20. The van der Waals surface area contributed by atoms with Crippen molar-refractivity contribution in [2.45, 2.75) is 86.6 Å². The van der Waals surface area contributed by atoms with Gasteiger partial charge in [0.15, 0.2) is 0 Å². The third kappa shape index (κ3) is 8.64. The summed E-state index contributed by atoms with van der Waals surface area (Å²) in [4.78, 5) is 2.07. The molecule has 2 aromatic carbocycles. The minimum atomic E-state index is -0.779. The smallest absolute Gasteiger partial charge is 0.115 e. The summed E-state index contributed by atoms with van der Waals surface area (Å²) in [5, 5.41) is 63.1. The number of aromatic hydroxyl groups is 2. The zero-order valence-electron chi connectivity index (χ0n) is 23.6. The molecule has 2 saturated carbocycles. The largest absolute Gasteiger partial charge is 0.508 e. The lowest BCUT2D eigenvalue weighted by atomic mass is 9.72. The number of phenolic OH excluding ortho intramolecular Hbond substituents is 2. The Balaban J connectivity index is 0.000000216. The number of nitrogens with one attached hydrogen (secondary N) is 1. The SMILES string of the molecule is CN(C)CC(c1ccc(O)cc1)C1(O)CCC(O)CC1.CNCC(c1ccc(O)cc1)C1(O)CCC(O)CC1. The van der Waals surface area contributed by atoms with Gasteiger partial charge in [-0.3, -0.25) is 0 Å². The lowest BCUT2D eigenvalue weighted by molar-refractivity contribution is -0.0556. The minimum absolute atomic E-state index is 0.00870. The van der Waals surface area contributed by atoms with E-state index in [0.29, 0.717) is 57.9 Å². The van der Waals surface area contributed by atoms with Gasteiger partial charge in [0.25, 0.3) is 0 Å². The van der Waals surface area contributed by atoms with Gasteiger partial charge in [-0.25, -0.2) is 0 Å². The third-order valence-electron chi connectivity index (χ3n) is 8.49. The zero-order chi connectivity index (χ0) is 28.6. The number of rotatable bonds is 8. The molecule has 8 heteroatoms. The highest BCUT2D eigenvalue weighted by Crippen LogP contribution is 2.41. The van der Waals surface area contributed by atoms with E-state index in [1.54, 1.807) is 24.3 Å². The van der Waals surface area contributed by atoms with Gasteiger partial charge in [0.2, 0.25) is 0 Å². The van der Waals surface area contributed by atoms with E-state index in [2.05, 4.69) is 10.2 Å². The van der Waals surface area contributed by atoms with E-state index in [4.69, 9.17) is 0 Å².